The minimum absolute atomic E-state index is 0.0776. The zero-order chi connectivity index (χ0) is 15.3. The normalized spacial score (nSPS) is 18.3. The van der Waals surface area contributed by atoms with E-state index < -0.39 is 0 Å². The van der Waals surface area contributed by atoms with E-state index in [2.05, 4.69) is 34.3 Å². The number of aryl methyl sites for hydroxylation is 1. The van der Waals surface area contributed by atoms with Gasteiger partial charge in [-0.15, -0.1) is 0 Å². The van der Waals surface area contributed by atoms with Crippen LogP contribution < -0.4 is 5.32 Å². The molecule has 21 heavy (non-hydrogen) atoms. The van der Waals surface area contributed by atoms with Crippen molar-refractivity contribution in [1.29, 1.82) is 0 Å². The van der Waals surface area contributed by atoms with Crippen LogP contribution in [0.25, 0.3) is 0 Å². The van der Waals surface area contributed by atoms with E-state index in [1.165, 1.54) is 25.7 Å². The van der Waals surface area contributed by atoms with Crippen LogP contribution in [0.3, 0.4) is 0 Å². The fraction of sp³-hybridized carbons (Fsp3) is 0.688. The van der Waals surface area contributed by atoms with Crippen LogP contribution in [-0.2, 0) is 0 Å². The van der Waals surface area contributed by atoms with Crippen molar-refractivity contribution in [2.45, 2.75) is 51.0 Å². The highest BCUT2D eigenvalue weighted by atomic mass is 16.1. The van der Waals surface area contributed by atoms with Crippen molar-refractivity contribution in [3.05, 3.63) is 23.8 Å². The van der Waals surface area contributed by atoms with Crippen molar-refractivity contribution in [1.82, 2.24) is 20.2 Å². The average Bonchev–Trinajstić information content (AvgIpc) is 2.71. The Morgan fingerprint density at radius 1 is 1.29 bits per heavy atom. The van der Waals surface area contributed by atoms with Gasteiger partial charge in [-0.05, 0) is 39.9 Å². The highest BCUT2D eigenvalue weighted by Gasteiger charge is 2.33. The maximum Gasteiger partial charge on any atom is 0.270 e. The van der Waals surface area contributed by atoms with Gasteiger partial charge in [0.25, 0.3) is 5.91 Å². The highest BCUT2D eigenvalue weighted by molar-refractivity contribution is 5.92. The molecule has 0 spiro atoms. The molecule has 0 radical (unpaired) electrons. The maximum absolute atomic E-state index is 12.3. The predicted octanol–water partition coefficient (Wildman–Crippen LogP) is 2.17. The first kappa shape index (κ1) is 15.9. The number of nitrogens with zero attached hydrogens (tertiary/aromatic N) is 3. The Balaban J connectivity index is 2.03. The molecule has 1 heterocycles. The van der Waals surface area contributed by atoms with Gasteiger partial charge >= 0.3 is 0 Å². The molecule has 2 rings (SSSR count). The third kappa shape index (κ3) is 4.00. The van der Waals surface area contributed by atoms with Crippen molar-refractivity contribution in [2.75, 3.05) is 20.6 Å². The van der Waals surface area contributed by atoms with E-state index in [-0.39, 0.29) is 11.4 Å². The number of nitrogens with one attached hydrogen (secondary N) is 1. The summed E-state index contributed by atoms with van der Waals surface area (Å²) in [6.45, 7) is 2.48. The van der Waals surface area contributed by atoms with Crippen LogP contribution in [0, 0.1) is 6.92 Å². The smallest absolute Gasteiger partial charge is 0.270 e. The van der Waals surface area contributed by atoms with Gasteiger partial charge in [-0.1, -0.05) is 25.7 Å². The Labute approximate surface area is 127 Å². The van der Waals surface area contributed by atoms with Crippen LogP contribution in [-0.4, -0.2) is 47.0 Å². The number of carbonyl (C=O) groups excluding carboxylic acids is 1. The van der Waals surface area contributed by atoms with Gasteiger partial charge in [0.15, 0.2) is 0 Å². The van der Waals surface area contributed by atoms with E-state index in [9.17, 15) is 4.79 Å². The molecule has 1 aliphatic carbocycles. The van der Waals surface area contributed by atoms with Crippen molar-refractivity contribution in [3.63, 3.8) is 0 Å². The molecular weight excluding hydrogens is 264 g/mol. The predicted molar refractivity (Wildman–Crippen MR) is 83.2 cm³/mol. The molecule has 0 aliphatic heterocycles. The fourth-order valence-electron chi connectivity index (χ4n) is 3.09. The minimum Gasteiger partial charge on any atom is -0.349 e. The topological polar surface area (TPSA) is 58.1 Å². The van der Waals surface area contributed by atoms with Crippen molar-refractivity contribution < 1.29 is 4.79 Å². The number of hydrogen-bond acceptors (Lipinski definition) is 4. The molecule has 1 N–H and O–H groups in total. The number of carbonyl (C=O) groups is 1. The number of hydrogen-bond donors (Lipinski definition) is 1. The van der Waals surface area contributed by atoms with E-state index >= 15 is 0 Å². The fourth-order valence-corrected chi connectivity index (χ4v) is 3.09. The Kier molecular flexibility index (Phi) is 5.28. The first-order valence-electron chi connectivity index (χ1n) is 7.79. The molecular formula is C16H26N4O. The Bertz CT molecular complexity index is 479. The lowest BCUT2D eigenvalue weighted by atomic mass is 9.88. The first-order valence-corrected chi connectivity index (χ1v) is 7.79. The molecule has 1 amide bonds. The van der Waals surface area contributed by atoms with Crippen LogP contribution in [0.1, 0.15) is 54.8 Å². The van der Waals surface area contributed by atoms with Crippen molar-refractivity contribution >= 4 is 5.91 Å². The molecule has 1 aromatic rings. The van der Waals surface area contributed by atoms with Gasteiger partial charge in [0, 0.05) is 18.3 Å². The molecule has 0 saturated heterocycles. The van der Waals surface area contributed by atoms with Gasteiger partial charge in [0.1, 0.15) is 11.5 Å². The molecule has 0 atom stereocenters. The summed E-state index contributed by atoms with van der Waals surface area (Å²) in [6.07, 6.45) is 8.99. The van der Waals surface area contributed by atoms with Gasteiger partial charge in [0.05, 0.1) is 0 Å². The largest absolute Gasteiger partial charge is 0.349 e. The second kappa shape index (κ2) is 6.98. The summed E-state index contributed by atoms with van der Waals surface area (Å²) < 4.78 is 0. The van der Waals surface area contributed by atoms with E-state index in [1.807, 2.05) is 0 Å². The standard InChI is InChI=1S/C16H26N4O/c1-13-17-11-8-14(19-13)15(21)18-12-16(20(2)3)9-6-4-5-7-10-16/h8,11H,4-7,9-10,12H2,1-3H3,(H,18,21). The summed E-state index contributed by atoms with van der Waals surface area (Å²) in [4.78, 5) is 22.8. The van der Waals surface area contributed by atoms with Gasteiger partial charge in [-0.25, -0.2) is 9.97 Å². The lowest BCUT2D eigenvalue weighted by molar-refractivity contribution is 0.0864. The zero-order valence-corrected chi connectivity index (χ0v) is 13.4. The molecule has 0 bridgehead atoms. The van der Waals surface area contributed by atoms with E-state index in [0.717, 1.165) is 12.8 Å². The number of likely N-dealkylation sites (N-methyl/N-ethyl adjacent to an activating group) is 1. The van der Waals surface area contributed by atoms with Crippen molar-refractivity contribution in [2.24, 2.45) is 0 Å². The highest BCUT2D eigenvalue weighted by Crippen LogP contribution is 2.30. The third-order valence-corrected chi connectivity index (χ3v) is 4.57. The Morgan fingerprint density at radius 3 is 2.52 bits per heavy atom. The summed E-state index contributed by atoms with van der Waals surface area (Å²) in [5.74, 6) is 0.519. The van der Waals surface area contributed by atoms with E-state index in [1.54, 1.807) is 19.2 Å². The zero-order valence-electron chi connectivity index (χ0n) is 13.4. The first-order chi connectivity index (χ1) is 10.0. The summed E-state index contributed by atoms with van der Waals surface area (Å²) >= 11 is 0. The SMILES string of the molecule is Cc1nccc(C(=O)NCC2(N(C)C)CCCCCC2)n1. The molecule has 1 aromatic heterocycles. The van der Waals surface area contributed by atoms with Crippen molar-refractivity contribution in [3.8, 4) is 0 Å². The quantitative estimate of drug-likeness (QED) is 0.863. The van der Waals surface area contributed by atoms with E-state index in [4.69, 9.17) is 0 Å². The summed E-state index contributed by atoms with van der Waals surface area (Å²) in [6, 6.07) is 1.66. The average molecular weight is 290 g/mol. The lowest BCUT2D eigenvalue weighted by Crippen LogP contribution is -2.52. The Hall–Kier alpha value is -1.49. The summed E-state index contributed by atoms with van der Waals surface area (Å²) in [5, 5.41) is 3.07. The molecule has 0 unspecified atom stereocenters. The monoisotopic (exact) mass is 290 g/mol. The van der Waals surface area contributed by atoms with Gasteiger partial charge in [-0.2, -0.15) is 0 Å². The van der Waals surface area contributed by atoms with Crippen LogP contribution in [0.4, 0.5) is 0 Å². The third-order valence-electron chi connectivity index (χ3n) is 4.57. The van der Waals surface area contributed by atoms with Crippen LogP contribution in [0.15, 0.2) is 12.3 Å². The van der Waals surface area contributed by atoms with Crippen LogP contribution >= 0.6 is 0 Å². The second-order valence-corrected chi connectivity index (χ2v) is 6.20. The van der Waals surface area contributed by atoms with Gasteiger partial charge in [0.2, 0.25) is 0 Å². The minimum atomic E-state index is -0.106. The number of rotatable bonds is 4. The number of amides is 1. The molecule has 1 fully saturated rings. The molecule has 1 saturated carbocycles. The lowest BCUT2D eigenvalue weighted by Gasteiger charge is -2.39. The molecule has 0 aromatic carbocycles. The van der Waals surface area contributed by atoms with Crippen LogP contribution in [0.2, 0.25) is 0 Å². The molecule has 5 nitrogen and oxygen atoms in total. The maximum atomic E-state index is 12.3. The van der Waals surface area contributed by atoms with E-state index in [0.29, 0.717) is 18.1 Å². The number of aromatic nitrogens is 2. The molecule has 116 valence electrons. The van der Waals surface area contributed by atoms with Crippen LogP contribution in [0.5, 0.6) is 0 Å². The Morgan fingerprint density at radius 2 is 1.95 bits per heavy atom. The summed E-state index contributed by atoms with van der Waals surface area (Å²) in [7, 11) is 4.23. The second-order valence-electron chi connectivity index (χ2n) is 6.20. The summed E-state index contributed by atoms with van der Waals surface area (Å²) in [5.41, 5.74) is 0.527. The van der Waals surface area contributed by atoms with Gasteiger partial charge in [-0.3, -0.25) is 4.79 Å². The molecule has 5 heteroatoms. The van der Waals surface area contributed by atoms with Gasteiger partial charge < -0.3 is 10.2 Å². The molecule has 1 aliphatic rings.